The van der Waals surface area contributed by atoms with Crippen molar-refractivity contribution in [2.45, 2.75) is 73.6 Å². The molecule has 0 bridgehead atoms. The zero-order valence-electron chi connectivity index (χ0n) is 22.6. The van der Waals surface area contributed by atoms with Gasteiger partial charge in [0.1, 0.15) is 0 Å². The standard InChI is InChI=1S/C30H38Cl3N3O4/c31-30(32,33)29(38)34-17-21-5-11-24(12-6-21)28-39-26(16-27(40-28)23-9-7-22(20-37)8-10-23)19-36-15-3-4-25(36)18-35-13-1-2-14-35/h5-12,25-28,37H,1-4,13-20H2,(H,34,38)/t25-,26-,27+,28+/m0/s1. The maximum absolute atomic E-state index is 11.9. The monoisotopic (exact) mass is 609 g/mol. The van der Waals surface area contributed by atoms with E-state index >= 15 is 0 Å². The molecule has 3 aliphatic heterocycles. The molecule has 0 aromatic heterocycles. The summed E-state index contributed by atoms with van der Waals surface area (Å²) in [5, 5.41) is 12.1. The highest BCUT2D eigenvalue weighted by Crippen LogP contribution is 2.39. The molecule has 4 atom stereocenters. The lowest BCUT2D eigenvalue weighted by molar-refractivity contribution is -0.253. The maximum atomic E-state index is 11.9. The van der Waals surface area contributed by atoms with Crippen LogP contribution in [0.4, 0.5) is 0 Å². The SMILES string of the molecule is O=C(NCc1ccc([C@@H]2O[C@H](CN3CCC[C@H]3CN3CCCC3)C[C@H](c3ccc(CO)cc3)O2)cc1)C(Cl)(Cl)Cl. The fourth-order valence-corrected chi connectivity index (χ4v) is 6.18. The summed E-state index contributed by atoms with van der Waals surface area (Å²) < 4.78 is 11.1. The van der Waals surface area contributed by atoms with Crippen molar-refractivity contribution >= 4 is 40.7 Å². The van der Waals surface area contributed by atoms with Crippen molar-refractivity contribution in [3.63, 3.8) is 0 Å². The van der Waals surface area contributed by atoms with Crippen LogP contribution < -0.4 is 5.32 Å². The van der Waals surface area contributed by atoms with Crippen LogP contribution in [-0.4, -0.2) is 69.5 Å². The van der Waals surface area contributed by atoms with Crippen molar-refractivity contribution in [2.24, 2.45) is 0 Å². The van der Waals surface area contributed by atoms with E-state index in [4.69, 9.17) is 44.3 Å². The van der Waals surface area contributed by atoms with Gasteiger partial charge in [-0.3, -0.25) is 9.69 Å². The molecule has 10 heteroatoms. The van der Waals surface area contributed by atoms with Gasteiger partial charge in [0.15, 0.2) is 6.29 Å². The molecule has 0 unspecified atom stereocenters. The quantitative estimate of drug-likeness (QED) is 0.377. The number of aliphatic hydroxyl groups is 1. The van der Waals surface area contributed by atoms with Crippen molar-refractivity contribution in [3.05, 3.63) is 70.8 Å². The molecule has 7 nitrogen and oxygen atoms in total. The molecule has 218 valence electrons. The molecule has 5 rings (SSSR count). The first-order valence-corrected chi connectivity index (χ1v) is 15.3. The van der Waals surface area contributed by atoms with E-state index in [2.05, 4.69) is 15.1 Å². The van der Waals surface area contributed by atoms with Gasteiger partial charge in [0.25, 0.3) is 9.70 Å². The lowest BCUT2D eigenvalue weighted by Crippen LogP contribution is -2.45. The van der Waals surface area contributed by atoms with Crippen molar-refractivity contribution in [1.82, 2.24) is 15.1 Å². The molecule has 0 aliphatic carbocycles. The summed E-state index contributed by atoms with van der Waals surface area (Å²) in [6.45, 7) is 5.83. The fourth-order valence-electron chi connectivity index (χ4n) is 5.98. The molecule has 40 heavy (non-hydrogen) atoms. The largest absolute Gasteiger partial charge is 0.392 e. The molecule has 0 saturated carbocycles. The van der Waals surface area contributed by atoms with Crippen LogP contribution in [0.25, 0.3) is 0 Å². The highest BCUT2D eigenvalue weighted by molar-refractivity contribution is 6.76. The predicted octanol–water partition coefficient (Wildman–Crippen LogP) is 5.27. The van der Waals surface area contributed by atoms with Gasteiger partial charge < -0.3 is 24.8 Å². The minimum atomic E-state index is -1.99. The number of likely N-dealkylation sites (tertiary alicyclic amines) is 2. The van der Waals surface area contributed by atoms with Crippen molar-refractivity contribution < 1.29 is 19.4 Å². The van der Waals surface area contributed by atoms with E-state index in [0.29, 0.717) is 6.04 Å². The Morgan fingerprint density at radius 1 is 0.900 bits per heavy atom. The van der Waals surface area contributed by atoms with Crippen LogP contribution in [0.1, 0.15) is 66.8 Å². The van der Waals surface area contributed by atoms with E-state index in [-0.39, 0.29) is 25.4 Å². The number of nitrogens with zero attached hydrogens (tertiary/aromatic N) is 2. The number of ether oxygens (including phenoxy) is 2. The summed E-state index contributed by atoms with van der Waals surface area (Å²) >= 11 is 17.0. The molecule has 0 radical (unpaired) electrons. The number of alkyl halides is 3. The van der Waals surface area contributed by atoms with Crippen LogP contribution in [0, 0.1) is 0 Å². The summed E-state index contributed by atoms with van der Waals surface area (Å²) in [6, 6.07) is 16.3. The first-order valence-electron chi connectivity index (χ1n) is 14.2. The smallest absolute Gasteiger partial charge is 0.272 e. The molecule has 0 spiro atoms. The van der Waals surface area contributed by atoms with Crippen molar-refractivity contribution in [1.29, 1.82) is 0 Å². The number of hydrogen-bond donors (Lipinski definition) is 2. The van der Waals surface area contributed by atoms with Gasteiger partial charge in [-0.25, -0.2) is 0 Å². The minimum Gasteiger partial charge on any atom is -0.392 e. The third kappa shape index (κ3) is 7.90. The number of rotatable bonds is 9. The van der Waals surface area contributed by atoms with Gasteiger partial charge in [0.05, 0.1) is 18.8 Å². The van der Waals surface area contributed by atoms with Gasteiger partial charge >= 0.3 is 0 Å². The number of carbonyl (C=O) groups excluding carboxylic acids is 1. The molecular formula is C30H38Cl3N3O4. The van der Waals surface area contributed by atoms with Crippen LogP contribution >= 0.6 is 34.8 Å². The third-order valence-corrected chi connectivity index (χ3v) is 8.70. The molecule has 3 aliphatic rings. The topological polar surface area (TPSA) is 74.3 Å². The van der Waals surface area contributed by atoms with Crippen molar-refractivity contribution in [2.75, 3.05) is 32.7 Å². The zero-order chi connectivity index (χ0) is 28.1. The third-order valence-electron chi connectivity index (χ3n) is 8.18. The zero-order valence-corrected chi connectivity index (χ0v) is 24.9. The van der Waals surface area contributed by atoms with Gasteiger partial charge in [0, 0.05) is 37.7 Å². The Kier molecular flexibility index (Phi) is 10.3. The molecule has 3 heterocycles. The molecule has 2 aromatic carbocycles. The Morgan fingerprint density at radius 3 is 2.25 bits per heavy atom. The number of amides is 1. The van der Waals surface area contributed by atoms with E-state index in [1.165, 1.54) is 38.8 Å². The van der Waals surface area contributed by atoms with Gasteiger partial charge in [0.2, 0.25) is 0 Å². The molecule has 1 amide bonds. The van der Waals surface area contributed by atoms with Gasteiger partial charge in [-0.05, 0) is 62.0 Å². The Labute approximate surface area is 251 Å². The van der Waals surface area contributed by atoms with Crippen LogP contribution in [-0.2, 0) is 27.4 Å². The van der Waals surface area contributed by atoms with E-state index in [0.717, 1.165) is 48.3 Å². The Morgan fingerprint density at radius 2 is 1.57 bits per heavy atom. The fraction of sp³-hybridized carbons (Fsp3) is 0.567. The molecular weight excluding hydrogens is 573 g/mol. The number of nitrogens with one attached hydrogen (secondary N) is 1. The van der Waals surface area contributed by atoms with Crippen LogP contribution in [0.5, 0.6) is 0 Å². The number of benzene rings is 2. The summed E-state index contributed by atoms with van der Waals surface area (Å²) in [7, 11) is 0. The first kappa shape index (κ1) is 30.1. The highest BCUT2D eigenvalue weighted by Gasteiger charge is 2.36. The van der Waals surface area contributed by atoms with E-state index in [1.54, 1.807) is 0 Å². The average Bonchev–Trinajstić information content (AvgIpc) is 3.64. The van der Waals surface area contributed by atoms with Gasteiger partial charge in [-0.2, -0.15) is 0 Å². The number of hydrogen-bond acceptors (Lipinski definition) is 6. The number of halogens is 3. The predicted molar refractivity (Wildman–Crippen MR) is 157 cm³/mol. The maximum Gasteiger partial charge on any atom is 0.272 e. The second-order valence-corrected chi connectivity index (χ2v) is 13.4. The van der Waals surface area contributed by atoms with Crippen LogP contribution in [0.2, 0.25) is 0 Å². The summed E-state index contributed by atoms with van der Waals surface area (Å²) in [4.78, 5) is 17.1. The lowest BCUT2D eigenvalue weighted by atomic mass is 9.99. The molecule has 3 fully saturated rings. The van der Waals surface area contributed by atoms with Crippen LogP contribution in [0.3, 0.4) is 0 Å². The number of aliphatic hydroxyl groups excluding tert-OH is 1. The van der Waals surface area contributed by atoms with Crippen molar-refractivity contribution in [3.8, 4) is 0 Å². The van der Waals surface area contributed by atoms with E-state index in [1.807, 2.05) is 48.5 Å². The molecule has 2 aromatic rings. The Balaban J connectivity index is 1.28. The van der Waals surface area contributed by atoms with Gasteiger partial charge in [-0.15, -0.1) is 0 Å². The summed E-state index contributed by atoms with van der Waals surface area (Å²) in [6.07, 6.45) is 5.23. The highest BCUT2D eigenvalue weighted by atomic mass is 35.6. The van der Waals surface area contributed by atoms with E-state index < -0.39 is 16.0 Å². The minimum absolute atomic E-state index is 0.0159. The van der Waals surface area contributed by atoms with Gasteiger partial charge in [-0.1, -0.05) is 83.3 Å². The second-order valence-electron chi connectivity index (χ2n) is 11.1. The van der Waals surface area contributed by atoms with E-state index in [9.17, 15) is 9.90 Å². The average molecular weight is 611 g/mol. The van der Waals surface area contributed by atoms with Crippen LogP contribution in [0.15, 0.2) is 48.5 Å². The second kappa shape index (κ2) is 13.7. The first-order chi connectivity index (χ1) is 19.3. The summed E-state index contributed by atoms with van der Waals surface area (Å²) in [5.74, 6) is -0.664. The summed E-state index contributed by atoms with van der Waals surface area (Å²) in [5.41, 5.74) is 3.74. The molecule has 2 N–H and O–H groups in total. The Bertz CT molecular complexity index is 1110. The normalized spacial score (nSPS) is 26.3. The lowest BCUT2D eigenvalue weighted by Gasteiger charge is -2.39. The molecule has 3 saturated heterocycles. The number of carbonyl (C=O) groups is 1. The Hall–Kier alpha value is -1.42.